The van der Waals surface area contributed by atoms with Gasteiger partial charge < -0.3 is 9.47 Å². The summed E-state index contributed by atoms with van der Waals surface area (Å²) in [6, 6.07) is 77.0. The van der Waals surface area contributed by atoms with Gasteiger partial charge in [-0.05, 0) is 110 Å². The molecule has 2 heteroatoms. The second-order valence-electron chi connectivity index (χ2n) is 15.4. The maximum Gasteiger partial charge on any atom is 0.0546 e. The van der Waals surface area contributed by atoms with E-state index in [4.69, 9.17) is 0 Å². The van der Waals surface area contributed by atoms with Gasteiger partial charge in [0.25, 0.3) is 0 Å². The zero-order chi connectivity index (χ0) is 39.5. The Morgan fingerprint density at radius 3 is 1.90 bits per heavy atom. The van der Waals surface area contributed by atoms with Crippen molar-refractivity contribution in [2.24, 2.45) is 0 Å². The number of hydrogen-bond donors (Lipinski definition) is 0. The Morgan fingerprint density at radius 1 is 0.424 bits per heavy atom. The first-order valence-electron chi connectivity index (χ1n) is 20.3. The number of hydrogen-bond acceptors (Lipinski definition) is 1. The van der Waals surface area contributed by atoms with Crippen molar-refractivity contribution in [3.63, 3.8) is 0 Å². The van der Waals surface area contributed by atoms with Crippen molar-refractivity contribution >= 4 is 51.0 Å². The van der Waals surface area contributed by atoms with Crippen LogP contribution in [-0.4, -0.2) is 4.57 Å². The van der Waals surface area contributed by atoms with Crippen LogP contribution in [0.15, 0.2) is 212 Å². The van der Waals surface area contributed by atoms with Gasteiger partial charge in [0.2, 0.25) is 0 Å². The van der Waals surface area contributed by atoms with E-state index in [0.717, 1.165) is 28.0 Å². The zero-order valence-corrected chi connectivity index (χ0v) is 32.8. The van der Waals surface area contributed by atoms with Gasteiger partial charge in [0.1, 0.15) is 0 Å². The van der Waals surface area contributed by atoms with E-state index >= 15 is 0 Å². The van der Waals surface area contributed by atoms with Gasteiger partial charge in [-0.15, -0.1) is 0 Å². The Kier molecular flexibility index (Phi) is 8.23. The van der Waals surface area contributed by atoms with Crippen molar-refractivity contribution < 1.29 is 0 Å². The third-order valence-corrected chi connectivity index (χ3v) is 12.0. The first-order valence-corrected chi connectivity index (χ1v) is 20.3. The largest absolute Gasteiger partial charge is 0.310 e. The average Bonchev–Trinajstić information content (AvgIpc) is 3.81. The van der Waals surface area contributed by atoms with Gasteiger partial charge in [0, 0.05) is 33.3 Å². The maximum atomic E-state index is 4.50. The smallest absolute Gasteiger partial charge is 0.0546 e. The highest BCUT2D eigenvalue weighted by molar-refractivity contribution is 6.12. The number of aromatic nitrogens is 1. The number of benzene rings is 9. The Bertz CT molecular complexity index is 3360. The quantitative estimate of drug-likeness (QED) is 0.164. The number of anilines is 3. The predicted molar refractivity (Wildman–Crippen MR) is 249 cm³/mol. The molecule has 1 aromatic heterocycles. The predicted octanol–water partition coefficient (Wildman–Crippen LogP) is 13.5. The maximum absolute atomic E-state index is 4.50. The van der Waals surface area contributed by atoms with Gasteiger partial charge in [-0.1, -0.05) is 170 Å². The molecular weight excluding hydrogens is 713 g/mol. The summed E-state index contributed by atoms with van der Waals surface area (Å²) in [5.41, 5.74) is 19.1. The van der Waals surface area contributed by atoms with Crippen LogP contribution in [0.2, 0.25) is 0 Å². The summed E-state index contributed by atoms with van der Waals surface area (Å²) in [4.78, 5) is 2.47. The molecule has 0 unspecified atom stereocenters. The average molecular weight is 753 g/mol. The number of fused-ring (bicyclic) bond motifs is 6. The molecule has 0 saturated carbocycles. The van der Waals surface area contributed by atoms with Crippen LogP contribution in [0, 0.1) is 6.92 Å². The Hall–Kier alpha value is -7.68. The fourth-order valence-corrected chi connectivity index (χ4v) is 9.38. The lowest BCUT2D eigenvalue weighted by molar-refractivity contribution is 1.18. The molecule has 1 aliphatic rings. The Labute approximate surface area is 344 Å². The SMILES string of the molecule is C=c1cccc/c1=C1\c2cccc(N(c3cccc(-c4ccccc4)c3)c3ccc4c(c3)c3ccccc3n4-c3ccccc3-c3ccccc3)c2-c2cccc(C)c21. The topological polar surface area (TPSA) is 8.17 Å². The molecule has 1 aliphatic carbocycles. The second-order valence-corrected chi connectivity index (χ2v) is 15.4. The lowest BCUT2D eigenvalue weighted by Crippen LogP contribution is -2.25. The summed E-state index contributed by atoms with van der Waals surface area (Å²) in [7, 11) is 0. The number of para-hydroxylation sites is 2. The molecule has 9 aromatic carbocycles. The van der Waals surface area contributed by atoms with Gasteiger partial charge in [-0.3, -0.25) is 0 Å². The van der Waals surface area contributed by atoms with E-state index in [0.29, 0.717) is 0 Å². The molecular formula is C57H40N2. The van der Waals surface area contributed by atoms with Crippen molar-refractivity contribution in [1.82, 2.24) is 4.57 Å². The van der Waals surface area contributed by atoms with E-state index in [1.165, 1.54) is 82.7 Å². The van der Waals surface area contributed by atoms with E-state index in [1.807, 2.05) is 0 Å². The minimum Gasteiger partial charge on any atom is -0.310 e. The molecule has 0 saturated heterocycles. The van der Waals surface area contributed by atoms with Crippen LogP contribution in [0.3, 0.4) is 0 Å². The van der Waals surface area contributed by atoms with E-state index in [2.05, 4.69) is 235 Å². The Balaban J connectivity index is 1.20. The lowest BCUT2D eigenvalue weighted by Gasteiger charge is -2.28. The van der Waals surface area contributed by atoms with Crippen molar-refractivity contribution in [2.45, 2.75) is 6.92 Å². The van der Waals surface area contributed by atoms with E-state index in [1.54, 1.807) is 0 Å². The monoisotopic (exact) mass is 752 g/mol. The van der Waals surface area contributed by atoms with E-state index in [9.17, 15) is 0 Å². The van der Waals surface area contributed by atoms with Crippen LogP contribution in [0.1, 0.15) is 16.7 Å². The summed E-state index contributed by atoms with van der Waals surface area (Å²) < 4.78 is 2.44. The molecule has 0 amide bonds. The minimum atomic E-state index is 1.03. The van der Waals surface area contributed by atoms with Crippen molar-refractivity contribution in [2.75, 3.05) is 4.90 Å². The van der Waals surface area contributed by atoms with Gasteiger partial charge in [-0.2, -0.15) is 0 Å². The number of rotatable bonds is 6. The van der Waals surface area contributed by atoms with Gasteiger partial charge in [-0.25, -0.2) is 0 Å². The van der Waals surface area contributed by atoms with Gasteiger partial charge in [0.05, 0.1) is 22.4 Å². The molecule has 0 N–H and O–H groups in total. The lowest BCUT2D eigenvalue weighted by atomic mass is 9.97. The Morgan fingerprint density at radius 2 is 1.05 bits per heavy atom. The highest BCUT2D eigenvalue weighted by Crippen LogP contribution is 2.52. The first-order chi connectivity index (χ1) is 29.1. The normalized spacial score (nSPS) is 12.8. The molecule has 10 aromatic rings. The molecule has 59 heavy (non-hydrogen) atoms. The van der Waals surface area contributed by atoms with Crippen LogP contribution in [0.5, 0.6) is 0 Å². The second kappa shape index (κ2) is 14.1. The zero-order valence-electron chi connectivity index (χ0n) is 32.8. The molecule has 1 heterocycles. The summed E-state index contributed by atoms with van der Waals surface area (Å²) in [5, 5.41) is 4.61. The first kappa shape index (κ1) is 34.6. The summed E-state index contributed by atoms with van der Waals surface area (Å²) in [6.45, 7) is 6.73. The number of aryl methyl sites for hydroxylation is 1. The molecule has 0 radical (unpaired) electrons. The fraction of sp³-hybridized carbons (Fsp3) is 0.0175. The fourth-order valence-electron chi connectivity index (χ4n) is 9.38. The number of nitrogens with zero attached hydrogens (tertiary/aromatic N) is 2. The minimum absolute atomic E-state index is 1.03. The van der Waals surface area contributed by atoms with E-state index in [-0.39, 0.29) is 0 Å². The molecule has 11 rings (SSSR count). The van der Waals surface area contributed by atoms with Crippen LogP contribution < -0.4 is 15.3 Å². The molecule has 0 fully saturated rings. The van der Waals surface area contributed by atoms with Crippen LogP contribution in [0.25, 0.3) is 73.0 Å². The van der Waals surface area contributed by atoms with Crippen LogP contribution in [-0.2, 0) is 0 Å². The van der Waals surface area contributed by atoms with Crippen LogP contribution >= 0.6 is 0 Å². The highest BCUT2D eigenvalue weighted by Gasteiger charge is 2.31. The molecule has 278 valence electrons. The van der Waals surface area contributed by atoms with E-state index < -0.39 is 0 Å². The summed E-state index contributed by atoms with van der Waals surface area (Å²) in [6.07, 6.45) is 0. The molecule has 0 spiro atoms. The van der Waals surface area contributed by atoms with Crippen molar-refractivity contribution in [3.05, 3.63) is 239 Å². The molecule has 0 bridgehead atoms. The highest BCUT2D eigenvalue weighted by atomic mass is 15.1. The van der Waals surface area contributed by atoms with Gasteiger partial charge in [0.15, 0.2) is 0 Å². The molecule has 0 atom stereocenters. The third-order valence-electron chi connectivity index (χ3n) is 12.0. The summed E-state index contributed by atoms with van der Waals surface area (Å²) >= 11 is 0. The summed E-state index contributed by atoms with van der Waals surface area (Å²) in [5.74, 6) is 0. The molecule has 2 nitrogen and oxygen atoms in total. The van der Waals surface area contributed by atoms with Gasteiger partial charge >= 0.3 is 0 Å². The standard InChI is InChI=1S/C57H40N2/c1-38-18-9-10-26-45(38)57-49-30-17-33-54(56(49)48-29-15-19-39(2)55(48)57)58(43-25-16-24-42(36-43)40-20-5-3-6-21-40)44-34-35-53-50(37-44)47-28-12-14-32-52(47)59(53)51-31-13-11-27-46(51)41-22-7-4-8-23-41/h3-37H,1H2,2H3/b57-45-. The third kappa shape index (κ3) is 5.64. The van der Waals surface area contributed by atoms with Crippen molar-refractivity contribution in [1.29, 1.82) is 0 Å². The van der Waals surface area contributed by atoms with Crippen molar-refractivity contribution in [3.8, 4) is 39.1 Å². The molecule has 0 aliphatic heterocycles. The van der Waals surface area contributed by atoms with Crippen LogP contribution in [0.4, 0.5) is 17.1 Å².